The number of nitrogens with zero attached hydrogens (tertiary/aromatic N) is 2. The lowest BCUT2D eigenvalue weighted by molar-refractivity contribution is 0.0889. The van der Waals surface area contributed by atoms with Crippen molar-refractivity contribution in [2.24, 2.45) is 11.8 Å². The fraction of sp³-hybridized carbons (Fsp3) is 0.478. The van der Waals surface area contributed by atoms with Gasteiger partial charge in [0.15, 0.2) is 5.76 Å². The van der Waals surface area contributed by atoms with Crippen molar-refractivity contribution in [2.45, 2.75) is 18.9 Å². The molecule has 2 aromatic rings. The maximum Gasteiger partial charge on any atom is 0.414 e. The zero-order valence-electron chi connectivity index (χ0n) is 18.6. The average molecular weight is 494 g/mol. The molecule has 5 rings (SSSR count). The fourth-order valence-electron chi connectivity index (χ4n) is 4.98. The van der Waals surface area contributed by atoms with Gasteiger partial charge in [-0.3, -0.25) is 18.8 Å². The van der Waals surface area contributed by atoms with Crippen molar-refractivity contribution in [3.8, 4) is 0 Å². The van der Waals surface area contributed by atoms with Gasteiger partial charge in [-0.05, 0) is 55.0 Å². The van der Waals surface area contributed by atoms with E-state index in [1.807, 2.05) is 4.90 Å². The summed E-state index contributed by atoms with van der Waals surface area (Å²) >= 11 is 0. The van der Waals surface area contributed by atoms with Crippen LogP contribution in [-0.4, -0.2) is 64.9 Å². The molecule has 1 aromatic carbocycles. The van der Waals surface area contributed by atoms with Crippen LogP contribution < -0.4 is 15.1 Å². The predicted octanol–water partition coefficient (Wildman–Crippen LogP) is 3.77. The van der Waals surface area contributed by atoms with Gasteiger partial charge in [0, 0.05) is 24.6 Å². The van der Waals surface area contributed by atoms with Gasteiger partial charge in [-0.1, -0.05) is 0 Å². The Kier molecular flexibility index (Phi) is 6.17. The molecule has 34 heavy (non-hydrogen) atoms. The Morgan fingerprint density at radius 3 is 2.59 bits per heavy atom. The molecule has 3 N–H and O–H groups in total. The lowest BCUT2D eigenvalue weighted by Crippen LogP contribution is -2.43. The first kappa shape index (κ1) is 23.0. The zero-order valence-corrected chi connectivity index (χ0v) is 19.4. The van der Waals surface area contributed by atoms with Crippen LogP contribution in [-0.2, 0) is 4.74 Å². The van der Waals surface area contributed by atoms with Crippen LogP contribution in [0.1, 0.15) is 23.4 Å². The molecule has 184 valence electrons. The van der Waals surface area contributed by atoms with Crippen LogP contribution in [0.25, 0.3) is 0 Å². The highest BCUT2D eigenvalue weighted by Gasteiger charge is 2.40. The van der Waals surface area contributed by atoms with Gasteiger partial charge >= 0.3 is 6.09 Å². The van der Waals surface area contributed by atoms with E-state index in [-0.39, 0.29) is 18.8 Å². The molecule has 1 unspecified atom stereocenters. The number of rotatable bonds is 6. The number of anilines is 2. The summed E-state index contributed by atoms with van der Waals surface area (Å²) in [5.41, 5.74) is 0.899. The van der Waals surface area contributed by atoms with Gasteiger partial charge in [-0.25, -0.2) is 9.18 Å². The summed E-state index contributed by atoms with van der Waals surface area (Å²) in [5.74, 6) is 1.17. The van der Waals surface area contributed by atoms with E-state index in [4.69, 9.17) is 9.15 Å². The molecule has 11 heteroatoms. The molecule has 2 amide bonds. The second-order valence-corrected chi connectivity index (χ2v) is 11.4. The number of halogens is 1. The SMILES string of the molecule is O=C(NCC1CN(c2ccc(N3CCC(C4CS(O)(O)C4)CC3)c(F)c2)C(=O)O1)c1ccco1. The first-order valence-electron chi connectivity index (χ1n) is 11.4. The van der Waals surface area contributed by atoms with Gasteiger partial charge < -0.3 is 19.4 Å². The van der Waals surface area contributed by atoms with E-state index in [1.54, 1.807) is 18.2 Å². The van der Waals surface area contributed by atoms with E-state index >= 15 is 4.39 Å². The van der Waals surface area contributed by atoms with Crippen molar-refractivity contribution < 1.29 is 32.2 Å². The third kappa shape index (κ3) is 4.73. The lowest BCUT2D eigenvalue weighted by atomic mass is 9.86. The summed E-state index contributed by atoms with van der Waals surface area (Å²) in [6.45, 7) is 1.73. The number of amides is 2. The number of piperidine rings is 1. The Morgan fingerprint density at radius 1 is 1.18 bits per heavy atom. The maximum atomic E-state index is 15.0. The molecule has 0 saturated carbocycles. The van der Waals surface area contributed by atoms with Gasteiger partial charge in [-0.15, -0.1) is 0 Å². The van der Waals surface area contributed by atoms with Crippen LogP contribution in [0, 0.1) is 17.7 Å². The zero-order chi connectivity index (χ0) is 23.9. The minimum Gasteiger partial charge on any atom is -0.459 e. The van der Waals surface area contributed by atoms with Crippen LogP contribution in [0.5, 0.6) is 0 Å². The molecule has 0 bridgehead atoms. The molecule has 3 aliphatic heterocycles. The third-order valence-electron chi connectivity index (χ3n) is 6.86. The van der Waals surface area contributed by atoms with Gasteiger partial charge in [0.1, 0.15) is 11.9 Å². The Balaban J connectivity index is 1.15. The predicted molar refractivity (Wildman–Crippen MR) is 126 cm³/mol. The van der Waals surface area contributed by atoms with Gasteiger partial charge in [-0.2, -0.15) is 10.6 Å². The number of hydrogen-bond acceptors (Lipinski definition) is 7. The van der Waals surface area contributed by atoms with E-state index in [0.717, 1.165) is 12.8 Å². The Hall–Kier alpha value is -2.76. The Labute approximate surface area is 198 Å². The highest BCUT2D eigenvalue weighted by molar-refractivity contribution is 8.25. The quantitative estimate of drug-likeness (QED) is 0.561. The van der Waals surface area contributed by atoms with Crippen LogP contribution in [0.3, 0.4) is 0 Å². The van der Waals surface area contributed by atoms with E-state index < -0.39 is 34.5 Å². The van der Waals surface area contributed by atoms with Crippen LogP contribution >= 0.6 is 10.6 Å². The van der Waals surface area contributed by atoms with Crippen LogP contribution in [0.15, 0.2) is 41.0 Å². The largest absolute Gasteiger partial charge is 0.459 e. The third-order valence-corrected chi connectivity index (χ3v) is 8.79. The second-order valence-electron chi connectivity index (χ2n) is 9.16. The molecule has 9 nitrogen and oxygen atoms in total. The number of nitrogens with one attached hydrogen (secondary N) is 1. The maximum absolute atomic E-state index is 15.0. The highest BCUT2D eigenvalue weighted by atomic mass is 32.3. The van der Waals surface area contributed by atoms with Crippen LogP contribution in [0.2, 0.25) is 0 Å². The summed E-state index contributed by atoms with van der Waals surface area (Å²) in [6, 6.07) is 7.88. The van der Waals surface area contributed by atoms with Crippen molar-refractivity contribution in [1.29, 1.82) is 0 Å². The van der Waals surface area contributed by atoms with Crippen molar-refractivity contribution in [1.82, 2.24) is 5.32 Å². The number of hydrogen-bond donors (Lipinski definition) is 3. The first-order chi connectivity index (χ1) is 16.3. The normalized spacial score (nSPS) is 24.0. The molecular weight excluding hydrogens is 465 g/mol. The fourth-order valence-corrected chi connectivity index (χ4v) is 6.80. The summed E-state index contributed by atoms with van der Waals surface area (Å²) in [4.78, 5) is 27.7. The van der Waals surface area contributed by atoms with Gasteiger partial charge in [0.05, 0.1) is 30.7 Å². The number of furan rings is 1. The van der Waals surface area contributed by atoms with E-state index in [2.05, 4.69) is 5.32 Å². The molecule has 0 spiro atoms. The van der Waals surface area contributed by atoms with E-state index in [9.17, 15) is 18.7 Å². The number of cyclic esters (lactones) is 1. The molecule has 1 aromatic heterocycles. The molecule has 3 fully saturated rings. The Morgan fingerprint density at radius 2 is 1.94 bits per heavy atom. The number of benzene rings is 1. The Bertz CT molecular complexity index is 1050. The van der Waals surface area contributed by atoms with Crippen molar-refractivity contribution in [3.05, 3.63) is 48.2 Å². The molecular formula is C23H28FN3O6S. The molecule has 0 aliphatic carbocycles. The number of carbonyl (C=O) groups excluding carboxylic acids is 2. The highest BCUT2D eigenvalue weighted by Crippen LogP contribution is 2.55. The molecule has 3 saturated heterocycles. The topological polar surface area (TPSA) is 115 Å². The number of ether oxygens (including phenoxy) is 1. The average Bonchev–Trinajstić information content (AvgIpc) is 3.46. The first-order valence-corrected chi connectivity index (χ1v) is 13.3. The summed E-state index contributed by atoms with van der Waals surface area (Å²) in [5, 5.41) is 2.66. The lowest BCUT2D eigenvalue weighted by Gasteiger charge is -2.51. The minimum absolute atomic E-state index is 0.119. The van der Waals surface area contributed by atoms with Gasteiger partial charge in [0.2, 0.25) is 0 Å². The molecule has 3 aliphatic rings. The van der Waals surface area contributed by atoms with Crippen molar-refractivity contribution in [2.75, 3.05) is 47.5 Å². The van der Waals surface area contributed by atoms with Gasteiger partial charge in [0.25, 0.3) is 5.91 Å². The van der Waals surface area contributed by atoms with Crippen LogP contribution in [0.4, 0.5) is 20.6 Å². The molecule has 4 heterocycles. The van der Waals surface area contributed by atoms with Crippen molar-refractivity contribution >= 4 is 34.0 Å². The van der Waals surface area contributed by atoms with Crippen molar-refractivity contribution in [3.63, 3.8) is 0 Å². The van der Waals surface area contributed by atoms with E-state index in [1.165, 1.54) is 23.3 Å². The standard InChI is InChI=1S/C23H28FN3O6S/c24-19-10-17(27-12-18(33-23(27)29)11-25-22(28)21-2-1-9-32-21)3-4-20(19)26-7-5-15(6-8-26)16-13-34(30,31)14-16/h1-4,9-10,15-16,18,30-31H,5-8,11-14H2,(H,25,28). The van der Waals surface area contributed by atoms with E-state index in [0.29, 0.717) is 47.8 Å². The second kappa shape index (κ2) is 9.12. The summed E-state index contributed by atoms with van der Waals surface area (Å²) in [6.07, 6.45) is 2.05. The smallest absolute Gasteiger partial charge is 0.414 e. The summed E-state index contributed by atoms with van der Waals surface area (Å²) in [7, 11) is -2.33. The number of carbonyl (C=O) groups is 2. The monoisotopic (exact) mass is 493 g/mol. The minimum atomic E-state index is -2.33. The molecule has 1 atom stereocenters. The molecule has 0 radical (unpaired) electrons. The summed E-state index contributed by atoms with van der Waals surface area (Å²) < 4.78 is 44.7.